The zero-order valence-electron chi connectivity index (χ0n) is 24.0. The molecule has 0 saturated carbocycles. The Morgan fingerprint density at radius 2 is 1.83 bits per heavy atom. The fourth-order valence-corrected chi connectivity index (χ4v) is 7.12. The Morgan fingerprint density at radius 3 is 2.49 bits per heavy atom. The van der Waals surface area contributed by atoms with Gasteiger partial charge in [0, 0.05) is 18.7 Å². The van der Waals surface area contributed by atoms with Crippen LogP contribution in [0.3, 0.4) is 0 Å². The molecule has 5 rings (SSSR count). The van der Waals surface area contributed by atoms with Gasteiger partial charge in [0.05, 0.1) is 54.1 Å². The summed E-state index contributed by atoms with van der Waals surface area (Å²) in [5.74, 6) is 1.13. The molecule has 4 aromatic rings. The number of hydrogen-bond donors (Lipinski definition) is 0. The molecule has 0 aliphatic carbocycles. The summed E-state index contributed by atoms with van der Waals surface area (Å²) in [7, 11) is -0.0136. The predicted octanol–water partition coefficient (Wildman–Crippen LogP) is 5.23. The van der Waals surface area contributed by atoms with E-state index in [1.165, 1.54) is 0 Å². The number of hydrogen-bond acceptors (Lipinski definition) is 7. The van der Waals surface area contributed by atoms with Crippen LogP contribution in [0.5, 0.6) is 11.5 Å². The van der Waals surface area contributed by atoms with Crippen molar-refractivity contribution < 1.29 is 22.7 Å². The number of benzene rings is 2. The van der Waals surface area contributed by atoms with Crippen molar-refractivity contribution in [1.29, 1.82) is 0 Å². The summed E-state index contributed by atoms with van der Waals surface area (Å²) in [4.78, 5) is 21.2. The van der Waals surface area contributed by atoms with E-state index < -0.39 is 9.84 Å². The molecule has 2 aromatic carbocycles. The van der Waals surface area contributed by atoms with Crippen LogP contribution >= 0.6 is 0 Å². The second kappa shape index (κ2) is 11.9. The summed E-state index contributed by atoms with van der Waals surface area (Å²) in [6.07, 6.45) is 2.28. The molecule has 216 valence electrons. The highest BCUT2D eigenvalue weighted by Crippen LogP contribution is 2.36. The van der Waals surface area contributed by atoms with E-state index in [0.29, 0.717) is 59.0 Å². The molecule has 0 bridgehead atoms. The average molecular weight is 577 g/mol. The molecule has 0 N–H and O–H groups in total. The number of amides is 1. The van der Waals surface area contributed by atoms with Crippen molar-refractivity contribution in [3.63, 3.8) is 0 Å². The third kappa shape index (κ3) is 5.93. The van der Waals surface area contributed by atoms with Crippen LogP contribution in [0.1, 0.15) is 53.8 Å². The lowest BCUT2D eigenvalue weighted by Gasteiger charge is -2.24. The maximum atomic E-state index is 14.4. The molecular formula is C31H36N4O5S. The molecule has 0 radical (unpaired) electrons. The fourth-order valence-electron chi connectivity index (χ4n) is 5.42. The third-order valence-corrected chi connectivity index (χ3v) is 9.34. The molecule has 41 heavy (non-hydrogen) atoms. The first-order valence-electron chi connectivity index (χ1n) is 13.9. The van der Waals surface area contributed by atoms with Gasteiger partial charge in [-0.15, -0.1) is 0 Å². The van der Waals surface area contributed by atoms with E-state index >= 15 is 0 Å². The maximum absolute atomic E-state index is 14.4. The number of carbonyl (C=O) groups excluding carboxylic acids is 1. The second-order valence-corrected chi connectivity index (χ2v) is 12.7. The van der Waals surface area contributed by atoms with E-state index in [0.717, 1.165) is 24.0 Å². The predicted molar refractivity (Wildman–Crippen MR) is 159 cm³/mol. The Balaban J connectivity index is 1.69. The molecule has 1 aliphatic heterocycles. The van der Waals surface area contributed by atoms with Crippen molar-refractivity contribution in [3.8, 4) is 22.8 Å². The molecule has 0 spiro atoms. The number of aryl methyl sites for hydroxylation is 1. The zero-order valence-corrected chi connectivity index (χ0v) is 24.8. The van der Waals surface area contributed by atoms with E-state index in [1.807, 2.05) is 60.4 Å². The number of carbonyl (C=O) groups is 1. The largest absolute Gasteiger partial charge is 0.493 e. The third-order valence-electron chi connectivity index (χ3n) is 7.59. The van der Waals surface area contributed by atoms with Crippen molar-refractivity contribution in [2.45, 2.75) is 45.7 Å². The molecule has 9 nitrogen and oxygen atoms in total. The normalized spacial score (nSPS) is 16.1. The van der Waals surface area contributed by atoms with Gasteiger partial charge in [-0.3, -0.25) is 4.79 Å². The number of unbranched alkanes of at least 4 members (excludes halogenated alkanes) is 1. The molecule has 3 heterocycles. The van der Waals surface area contributed by atoms with Crippen molar-refractivity contribution in [1.82, 2.24) is 19.7 Å². The summed E-state index contributed by atoms with van der Waals surface area (Å²) < 4.78 is 37.4. The Bertz CT molecular complexity index is 1670. The van der Waals surface area contributed by atoms with Crippen LogP contribution < -0.4 is 9.47 Å². The van der Waals surface area contributed by atoms with Gasteiger partial charge in [0.15, 0.2) is 27.0 Å². The van der Waals surface area contributed by atoms with Gasteiger partial charge in [-0.2, -0.15) is 5.10 Å². The highest BCUT2D eigenvalue weighted by Gasteiger charge is 2.33. The van der Waals surface area contributed by atoms with E-state index in [9.17, 15) is 13.2 Å². The van der Waals surface area contributed by atoms with Crippen LogP contribution in [-0.2, 0) is 16.4 Å². The standard InChI is InChI=1S/C31H36N4O5S/c1-5-6-15-34(19-22-10-8-7-9-11-22)31(36)25-18-26(23-12-13-27(39-3)28(17-23)40-4)32-30-29(25)21(2)33-35(30)24-14-16-41(37,38)20-24/h7-13,17-18,24H,5-6,14-16,19-20H2,1-4H3. The highest BCUT2D eigenvalue weighted by molar-refractivity contribution is 7.91. The van der Waals surface area contributed by atoms with Gasteiger partial charge in [-0.1, -0.05) is 43.7 Å². The number of ether oxygens (including phenoxy) is 2. The van der Waals surface area contributed by atoms with E-state index in [2.05, 4.69) is 6.92 Å². The quantitative estimate of drug-likeness (QED) is 0.255. The molecule has 10 heteroatoms. The SMILES string of the molecule is CCCCN(Cc1ccccc1)C(=O)c1cc(-c2ccc(OC)c(OC)c2)nc2c1c(C)nn2C1CCS(=O)(=O)C1. The van der Waals surface area contributed by atoms with E-state index in [-0.39, 0.29) is 23.5 Å². The molecule has 1 aliphatic rings. The number of sulfone groups is 1. The van der Waals surface area contributed by atoms with Gasteiger partial charge in [0.2, 0.25) is 0 Å². The minimum absolute atomic E-state index is 0.00536. The minimum atomic E-state index is -3.16. The maximum Gasteiger partial charge on any atom is 0.255 e. The lowest BCUT2D eigenvalue weighted by Crippen LogP contribution is -2.32. The van der Waals surface area contributed by atoms with Crippen molar-refractivity contribution in [3.05, 3.63) is 71.4 Å². The number of pyridine rings is 1. The summed E-state index contributed by atoms with van der Waals surface area (Å²) in [6, 6.07) is 16.9. The first kappa shape index (κ1) is 28.6. The Morgan fingerprint density at radius 1 is 1.07 bits per heavy atom. The minimum Gasteiger partial charge on any atom is -0.493 e. The smallest absolute Gasteiger partial charge is 0.255 e. The highest BCUT2D eigenvalue weighted by atomic mass is 32.2. The number of nitrogens with zero attached hydrogens (tertiary/aromatic N) is 4. The van der Waals surface area contributed by atoms with Crippen molar-refractivity contribution >= 4 is 26.8 Å². The van der Waals surface area contributed by atoms with Gasteiger partial charge < -0.3 is 14.4 Å². The van der Waals surface area contributed by atoms with Gasteiger partial charge in [0.25, 0.3) is 5.91 Å². The topological polar surface area (TPSA) is 104 Å². The van der Waals surface area contributed by atoms with Crippen LogP contribution in [0.2, 0.25) is 0 Å². The van der Waals surface area contributed by atoms with E-state index in [1.54, 1.807) is 25.0 Å². The molecule has 1 amide bonds. The van der Waals surface area contributed by atoms with Gasteiger partial charge in [-0.25, -0.2) is 18.1 Å². The first-order valence-corrected chi connectivity index (χ1v) is 15.7. The Hall–Kier alpha value is -3.92. The zero-order chi connectivity index (χ0) is 29.1. The lowest BCUT2D eigenvalue weighted by molar-refractivity contribution is 0.0742. The lowest BCUT2D eigenvalue weighted by atomic mass is 10.0. The van der Waals surface area contributed by atoms with Gasteiger partial charge in [0.1, 0.15) is 0 Å². The Labute approximate surface area is 241 Å². The van der Waals surface area contributed by atoms with Gasteiger partial charge >= 0.3 is 0 Å². The second-order valence-electron chi connectivity index (χ2n) is 10.5. The van der Waals surface area contributed by atoms with Crippen LogP contribution in [0.15, 0.2) is 54.6 Å². The first-order chi connectivity index (χ1) is 19.7. The van der Waals surface area contributed by atoms with Gasteiger partial charge in [-0.05, 0) is 49.6 Å². The summed E-state index contributed by atoms with van der Waals surface area (Å²) in [5, 5.41) is 5.41. The summed E-state index contributed by atoms with van der Waals surface area (Å²) >= 11 is 0. The number of fused-ring (bicyclic) bond motifs is 1. The molecule has 1 saturated heterocycles. The molecule has 1 fully saturated rings. The number of rotatable bonds is 10. The molecule has 1 atom stereocenters. The van der Waals surface area contributed by atoms with Crippen molar-refractivity contribution in [2.24, 2.45) is 0 Å². The van der Waals surface area contributed by atoms with Crippen LogP contribution in [0.4, 0.5) is 0 Å². The Kier molecular flexibility index (Phi) is 8.30. The van der Waals surface area contributed by atoms with E-state index in [4.69, 9.17) is 19.6 Å². The van der Waals surface area contributed by atoms with Crippen molar-refractivity contribution in [2.75, 3.05) is 32.3 Å². The number of aromatic nitrogens is 3. The van der Waals surface area contributed by atoms with Crippen LogP contribution in [0.25, 0.3) is 22.3 Å². The fraction of sp³-hybridized carbons (Fsp3) is 0.387. The average Bonchev–Trinajstić information content (AvgIpc) is 3.52. The van der Waals surface area contributed by atoms with Crippen LogP contribution in [-0.4, -0.2) is 66.3 Å². The summed E-state index contributed by atoms with van der Waals surface area (Å²) in [5.41, 5.74) is 4.01. The summed E-state index contributed by atoms with van der Waals surface area (Å²) in [6.45, 7) is 5.04. The van der Waals surface area contributed by atoms with Crippen LogP contribution in [0, 0.1) is 6.92 Å². The molecule has 2 aromatic heterocycles. The molecule has 1 unspecified atom stereocenters. The number of methoxy groups -OCH3 is 2. The molecular weight excluding hydrogens is 540 g/mol. The monoisotopic (exact) mass is 576 g/mol.